The van der Waals surface area contributed by atoms with Gasteiger partial charge in [-0.3, -0.25) is 9.59 Å². The van der Waals surface area contributed by atoms with Crippen molar-refractivity contribution in [1.29, 1.82) is 0 Å². The number of anilines is 1. The quantitative estimate of drug-likeness (QED) is 0.857. The first-order valence-electron chi connectivity index (χ1n) is 6.28. The Labute approximate surface area is 113 Å². The fourth-order valence-electron chi connectivity index (χ4n) is 1.97. The smallest absolute Gasteiger partial charge is 0.303 e. The summed E-state index contributed by atoms with van der Waals surface area (Å²) in [5.74, 6) is -1.04. The number of carboxylic acids is 1. The first-order valence-corrected chi connectivity index (χ1v) is 6.28. The fourth-order valence-corrected chi connectivity index (χ4v) is 1.97. The van der Waals surface area contributed by atoms with Gasteiger partial charge in [0.1, 0.15) is 0 Å². The molecule has 0 aromatic heterocycles. The number of rotatable bonds is 5. The van der Waals surface area contributed by atoms with Gasteiger partial charge in [-0.2, -0.15) is 0 Å². The number of hydrogen-bond acceptors (Lipinski definition) is 2. The molecule has 4 nitrogen and oxygen atoms in total. The van der Waals surface area contributed by atoms with Crippen molar-refractivity contribution in [2.24, 2.45) is 5.41 Å². The van der Waals surface area contributed by atoms with Crippen molar-refractivity contribution in [1.82, 2.24) is 0 Å². The number of aliphatic carboxylic acids is 1. The summed E-state index contributed by atoms with van der Waals surface area (Å²) in [5.41, 5.74) is 2.31. The van der Waals surface area contributed by atoms with Gasteiger partial charge in [0, 0.05) is 12.1 Å². The van der Waals surface area contributed by atoms with Crippen LogP contribution < -0.4 is 5.32 Å². The number of hydrogen-bond donors (Lipinski definition) is 2. The highest BCUT2D eigenvalue weighted by molar-refractivity contribution is 5.92. The van der Waals surface area contributed by atoms with E-state index in [9.17, 15) is 9.59 Å². The number of aryl methyl sites for hydroxylation is 2. The summed E-state index contributed by atoms with van der Waals surface area (Å²) in [6.45, 7) is 7.45. The summed E-state index contributed by atoms with van der Waals surface area (Å²) < 4.78 is 0. The number of nitrogens with one attached hydrogen (secondary N) is 1. The molecule has 2 N–H and O–H groups in total. The van der Waals surface area contributed by atoms with Crippen molar-refractivity contribution < 1.29 is 14.7 Å². The van der Waals surface area contributed by atoms with E-state index >= 15 is 0 Å². The van der Waals surface area contributed by atoms with Crippen LogP contribution in [-0.2, 0) is 9.59 Å². The molecule has 104 valence electrons. The first-order chi connectivity index (χ1) is 8.69. The summed E-state index contributed by atoms with van der Waals surface area (Å²) in [6.07, 6.45) is 0.167. The van der Waals surface area contributed by atoms with E-state index in [0.717, 1.165) is 16.8 Å². The van der Waals surface area contributed by atoms with Crippen molar-refractivity contribution in [2.75, 3.05) is 5.32 Å². The second-order valence-electron chi connectivity index (χ2n) is 5.78. The van der Waals surface area contributed by atoms with E-state index in [1.165, 1.54) is 0 Å². The Balaban J connectivity index is 2.70. The Morgan fingerprint density at radius 1 is 1.21 bits per heavy atom. The molecule has 19 heavy (non-hydrogen) atoms. The molecule has 0 radical (unpaired) electrons. The number of carbonyl (C=O) groups is 2. The standard InChI is InChI=1S/C15H21NO3/c1-10-5-6-11(2)12(7-10)16-13(17)8-15(3,4)9-14(18)19/h5-7H,8-9H2,1-4H3,(H,16,17)(H,18,19). The summed E-state index contributed by atoms with van der Waals surface area (Å²) in [6, 6.07) is 5.85. The Bertz CT molecular complexity index is 492. The van der Waals surface area contributed by atoms with Gasteiger partial charge in [-0.25, -0.2) is 0 Å². The minimum Gasteiger partial charge on any atom is -0.481 e. The normalized spacial score (nSPS) is 11.2. The maximum absolute atomic E-state index is 12.0. The van der Waals surface area contributed by atoms with Crippen molar-refractivity contribution in [3.8, 4) is 0 Å². The molecule has 0 bridgehead atoms. The van der Waals surface area contributed by atoms with Crippen LogP contribution in [0.5, 0.6) is 0 Å². The van der Waals surface area contributed by atoms with E-state index in [2.05, 4.69) is 5.32 Å². The molecule has 0 heterocycles. The average Bonchev–Trinajstić information content (AvgIpc) is 2.20. The Kier molecular flexibility index (Phi) is 4.70. The zero-order valence-electron chi connectivity index (χ0n) is 11.9. The second-order valence-corrected chi connectivity index (χ2v) is 5.78. The molecule has 0 spiro atoms. The number of carboxylic acid groups (broad SMARTS) is 1. The maximum Gasteiger partial charge on any atom is 0.303 e. The van der Waals surface area contributed by atoms with Gasteiger partial charge in [0.25, 0.3) is 0 Å². The van der Waals surface area contributed by atoms with Crippen LogP contribution in [0.2, 0.25) is 0 Å². The Morgan fingerprint density at radius 2 is 1.84 bits per heavy atom. The van der Waals surface area contributed by atoms with E-state index in [-0.39, 0.29) is 18.7 Å². The van der Waals surface area contributed by atoms with Gasteiger partial charge in [-0.05, 0) is 36.5 Å². The minimum absolute atomic E-state index is 0.0206. The van der Waals surface area contributed by atoms with E-state index in [1.54, 1.807) is 13.8 Å². The summed E-state index contributed by atoms with van der Waals surface area (Å²) in [5, 5.41) is 11.6. The predicted octanol–water partition coefficient (Wildman–Crippen LogP) is 3.13. The third-order valence-electron chi connectivity index (χ3n) is 2.94. The van der Waals surface area contributed by atoms with Gasteiger partial charge in [0.2, 0.25) is 5.91 Å². The van der Waals surface area contributed by atoms with Crippen LogP contribution in [0.15, 0.2) is 18.2 Å². The number of carbonyl (C=O) groups excluding carboxylic acids is 1. The molecule has 0 saturated heterocycles. The van der Waals surface area contributed by atoms with E-state index in [1.807, 2.05) is 32.0 Å². The Hall–Kier alpha value is -1.84. The zero-order valence-corrected chi connectivity index (χ0v) is 11.9. The van der Waals surface area contributed by atoms with Crippen molar-refractivity contribution in [3.05, 3.63) is 29.3 Å². The van der Waals surface area contributed by atoms with Gasteiger partial charge in [-0.1, -0.05) is 26.0 Å². The summed E-state index contributed by atoms with van der Waals surface area (Å²) in [4.78, 5) is 22.7. The lowest BCUT2D eigenvalue weighted by Crippen LogP contribution is -2.25. The van der Waals surface area contributed by atoms with Gasteiger partial charge < -0.3 is 10.4 Å². The van der Waals surface area contributed by atoms with Crippen LogP contribution in [0, 0.1) is 19.3 Å². The molecule has 4 heteroatoms. The largest absolute Gasteiger partial charge is 0.481 e. The number of benzene rings is 1. The third-order valence-corrected chi connectivity index (χ3v) is 2.94. The van der Waals surface area contributed by atoms with Crippen molar-refractivity contribution >= 4 is 17.6 Å². The topological polar surface area (TPSA) is 66.4 Å². The minimum atomic E-state index is -0.885. The highest BCUT2D eigenvalue weighted by Gasteiger charge is 2.25. The first kappa shape index (κ1) is 15.2. The fraction of sp³-hybridized carbons (Fsp3) is 0.467. The van der Waals surface area contributed by atoms with E-state index in [0.29, 0.717) is 0 Å². The van der Waals surface area contributed by atoms with Crippen LogP contribution in [0.3, 0.4) is 0 Å². The molecule has 0 atom stereocenters. The summed E-state index contributed by atoms with van der Waals surface area (Å²) in [7, 11) is 0. The summed E-state index contributed by atoms with van der Waals surface area (Å²) >= 11 is 0. The molecule has 1 rings (SSSR count). The highest BCUT2D eigenvalue weighted by Crippen LogP contribution is 2.26. The predicted molar refractivity (Wildman–Crippen MR) is 75.2 cm³/mol. The molecular weight excluding hydrogens is 242 g/mol. The van der Waals surface area contributed by atoms with E-state index < -0.39 is 11.4 Å². The lowest BCUT2D eigenvalue weighted by molar-refractivity contribution is -0.139. The van der Waals surface area contributed by atoms with Gasteiger partial charge in [-0.15, -0.1) is 0 Å². The molecule has 1 aromatic rings. The van der Waals surface area contributed by atoms with Crippen LogP contribution in [0.4, 0.5) is 5.69 Å². The molecule has 0 aliphatic rings. The van der Waals surface area contributed by atoms with Crippen molar-refractivity contribution in [3.63, 3.8) is 0 Å². The average molecular weight is 263 g/mol. The molecule has 0 aliphatic heterocycles. The number of amides is 1. The molecule has 0 saturated carbocycles. The lowest BCUT2D eigenvalue weighted by atomic mass is 9.85. The van der Waals surface area contributed by atoms with Crippen LogP contribution in [0.1, 0.15) is 37.8 Å². The SMILES string of the molecule is Cc1ccc(C)c(NC(=O)CC(C)(C)CC(=O)O)c1. The molecule has 1 aromatic carbocycles. The molecule has 0 unspecified atom stereocenters. The monoisotopic (exact) mass is 263 g/mol. The molecule has 0 fully saturated rings. The second kappa shape index (κ2) is 5.87. The van der Waals surface area contributed by atoms with Crippen LogP contribution in [0.25, 0.3) is 0 Å². The lowest BCUT2D eigenvalue weighted by Gasteiger charge is -2.21. The van der Waals surface area contributed by atoms with Crippen LogP contribution >= 0.6 is 0 Å². The van der Waals surface area contributed by atoms with Crippen LogP contribution in [-0.4, -0.2) is 17.0 Å². The van der Waals surface area contributed by atoms with Gasteiger partial charge >= 0.3 is 5.97 Å². The van der Waals surface area contributed by atoms with E-state index in [4.69, 9.17) is 5.11 Å². The van der Waals surface area contributed by atoms with Crippen molar-refractivity contribution in [2.45, 2.75) is 40.5 Å². The Morgan fingerprint density at radius 3 is 2.42 bits per heavy atom. The molecular formula is C15H21NO3. The van der Waals surface area contributed by atoms with Gasteiger partial charge in [0.15, 0.2) is 0 Å². The third kappa shape index (κ3) is 5.12. The molecule has 1 amide bonds. The van der Waals surface area contributed by atoms with Gasteiger partial charge in [0.05, 0.1) is 6.42 Å². The molecule has 0 aliphatic carbocycles. The zero-order chi connectivity index (χ0) is 14.6. The maximum atomic E-state index is 12.0. The highest BCUT2D eigenvalue weighted by atomic mass is 16.4.